The number of amides is 1. The van der Waals surface area contributed by atoms with Gasteiger partial charge in [-0.1, -0.05) is 39.0 Å². The molecular formula is C22H31FN2O3. The van der Waals surface area contributed by atoms with Gasteiger partial charge in [-0.2, -0.15) is 0 Å². The van der Waals surface area contributed by atoms with Crippen molar-refractivity contribution in [3.8, 4) is 0 Å². The van der Waals surface area contributed by atoms with Crippen LogP contribution in [0.4, 0.5) is 4.39 Å². The number of hydrogen-bond acceptors (Lipinski definition) is 3. The lowest BCUT2D eigenvalue weighted by molar-refractivity contribution is -0.148. The average Bonchev–Trinajstić information content (AvgIpc) is 3.01. The van der Waals surface area contributed by atoms with Crippen LogP contribution in [0.2, 0.25) is 0 Å². The Hall–Kier alpha value is -2.37. The van der Waals surface area contributed by atoms with Crippen LogP contribution in [0, 0.1) is 5.41 Å². The molecule has 2 aromatic rings. The van der Waals surface area contributed by atoms with Gasteiger partial charge in [-0.15, -0.1) is 0 Å². The maximum Gasteiger partial charge on any atom is 0.329 e. The van der Waals surface area contributed by atoms with Gasteiger partial charge in [0.25, 0.3) is 5.91 Å². The molecule has 5 nitrogen and oxygen atoms in total. The van der Waals surface area contributed by atoms with E-state index >= 15 is 0 Å². The smallest absolute Gasteiger partial charge is 0.329 e. The number of fused-ring (bicyclic) bond motifs is 1. The van der Waals surface area contributed by atoms with Crippen LogP contribution in [0.25, 0.3) is 10.9 Å². The van der Waals surface area contributed by atoms with E-state index in [2.05, 4.69) is 5.32 Å². The van der Waals surface area contributed by atoms with E-state index in [9.17, 15) is 14.0 Å². The summed E-state index contributed by atoms with van der Waals surface area (Å²) >= 11 is 0. The lowest BCUT2D eigenvalue weighted by Gasteiger charge is -2.29. The van der Waals surface area contributed by atoms with Crippen molar-refractivity contribution in [1.29, 1.82) is 0 Å². The Bertz CT molecular complexity index is 808. The van der Waals surface area contributed by atoms with Crippen molar-refractivity contribution < 1.29 is 18.7 Å². The first kappa shape index (κ1) is 21.9. The van der Waals surface area contributed by atoms with Crippen LogP contribution in [0.5, 0.6) is 0 Å². The first-order valence-corrected chi connectivity index (χ1v) is 9.91. The first-order chi connectivity index (χ1) is 13.3. The molecule has 1 atom stereocenters. The fourth-order valence-corrected chi connectivity index (χ4v) is 3.23. The van der Waals surface area contributed by atoms with Gasteiger partial charge in [-0.3, -0.25) is 9.18 Å². The zero-order valence-corrected chi connectivity index (χ0v) is 17.3. The lowest BCUT2D eigenvalue weighted by atomic mass is 9.86. The van der Waals surface area contributed by atoms with Crippen LogP contribution in [0.15, 0.2) is 30.5 Å². The number of ether oxygens (including phenoxy) is 1. The van der Waals surface area contributed by atoms with Crippen molar-refractivity contribution in [2.24, 2.45) is 5.41 Å². The number of halogens is 1. The number of rotatable bonds is 9. The Morgan fingerprint density at radius 1 is 1.18 bits per heavy atom. The van der Waals surface area contributed by atoms with E-state index < -0.39 is 17.4 Å². The number of esters is 1. The zero-order valence-electron chi connectivity index (χ0n) is 17.3. The summed E-state index contributed by atoms with van der Waals surface area (Å²) in [6.45, 7) is 8.10. The van der Waals surface area contributed by atoms with Gasteiger partial charge in [-0.05, 0) is 37.7 Å². The molecule has 1 amide bonds. The average molecular weight is 390 g/mol. The Balaban J connectivity index is 2.27. The molecule has 2 rings (SSSR count). The third kappa shape index (κ3) is 5.33. The van der Waals surface area contributed by atoms with Crippen LogP contribution in [-0.2, 0) is 16.1 Å². The molecular weight excluding hydrogens is 359 g/mol. The molecule has 0 fully saturated rings. The molecule has 0 aliphatic rings. The quantitative estimate of drug-likeness (QED) is 0.507. The van der Waals surface area contributed by atoms with Crippen LogP contribution in [0.3, 0.4) is 0 Å². The summed E-state index contributed by atoms with van der Waals surface area (Å²) in [7, 11) is 0. The Labute approximate surface area is 166 Å². The molecule has 28 heavy (non-hydrogen) atoms. The zero-order chi connectivity index (χ0) is 20.7. The molecule has 1 aromatic heterocycles. The highest BCUT2D eigenvalue weighted by atomic mass is 19.1. The summed E-state index contributed by atoms with van der Waals surface area (Å²) in [5, 5.41) is 3.70. The maximum atomic E-state index is 13.0. The first-order valence-electron chi connectivity index (χ1n) is 9.91. The highest BCUT2D eigenvalue weighted by Crippen LogP contribution is 2.25. The van der Waals surface area contributed by atoms with Crippen molar-refractivity contribution in [1.82, 2.24) is 9.88 Å². The summed E-state index contributed by atoms with van der Waals surface area (Å²) in [5.74, 6) is -0.731. The highest BCUT2D eigenvalue weighted by Gasteiger charge is 2.34. The summed E-state index contributed by atoms with van der Waals surface area (Å²) in [4.78, 5) is 25.4. The third-order valence-corrected chi connectivity index (χ3v) is 4.73. The van der Waals surface area contributed by atoms with Crippen molar-refractivity contribution in [3.05, 3.63) is 36.0 Å². The number of benzene rings is 1. The minimum absolute atomic E-state index is 0.263. The van der Waals surface area contributed by atoms with Gasteiger partial charge in [-0.25, -0.2) is 4.79 Å². The minimum atomic E-state index is -0.744. The number of carbonyl (C=O) groups is 2. The van der Waals surface area contributed by atoms with E-state index in [0.717, 1.165) is 23.7 Å². The van der Waals surface area contributed by atoms with E-state index in [1.54, 1.807) is 6.92 Å². The normalized spacial score (nSPS) is 12.8. The number of nitrogens with one attached hydrogen (secondary N) is 1. The largest absolute Gasteiger partial charge is 0.464 e. The topological polar surface area (TPSA) is 60.3 Å². The molecule has 0 bridgehead atoms. The van der Waals surface area contributed by atoms with E-state index in [-0.39, 0.29) is 19.2 Å². The summed E-state index contributed by atoms with van der Waals surface area (Å²) in [6.07, 6.45) is 4.02. The fourth-order valence-electron chi connectivity index (χ4n) is 3.23. The third-order valence-electron chi connectivity index (χ3n) is 4.73. The predicted molar refractivity (Wildman–Crippen MR) is 109 cm³/mol. The minimum Gasteiger partial charge on any atom is -0.464 e. The lowest BCUT2D eigenvalue weighted by Crippen LogP contribution is -2.49. The molecule has 0 unspecified atom stereocenters. The number of unbranched alkanes of at least 4 members (excludes halogenated alkanes) is 2. The molecule has 0 aliphatic carbocycles. The van der Waals surface area contributed by atoms with Crippen molar-refractivity contribution in [3.63, 3.8) is 0 Å². The van der Waals surface area contributed by atoms with Crippen molar-refractivity contribution >= 4 is 22.8 Å². The Morgan fingerprint density at radius 2 is 1.89 bits per heavy atom. The second kappa shape index (κ2) is 9.71. The SMILES string of the molecule is CCOC(=O)[C@H](NC(=O)c1cn(CCCCCF)c2ccccc12)C(C)(C)C. The molecule has 0 spiro atoms. The Morgan fingerprint density at radius 3 is 2.54 bits per heavy atom. The number of aryl methyl sites for hydroxylation is 1. The summed E-state index contributed by atoms with van der Waals surface area (Å²) in [6, 6.07) is 6.94. The predicted octanol–water partition coefficient (Wildman–Crippen LogP) is 4.49. The van der Waals surface area contributed by atoms with Gasteiger partial charge in [0.1, 0.15) is 6.04 Å². The molecule has 0 saturated heterocycles. The second-order valence-electron chi connectivity index (χ2n) is 8.03. The van der Waals surface area contributed by atoms with Gasteiger partial charge in [0.15, 0.2) is 0 Å². The van der Waals surface area contributed by atoms with Crippen molar-refractivity contribution in [2.45, 2.75) is 59.5 Å². The second-order valence-corrected chi connectivity index (χ2v) is 8.03. The maximum absolute atomic E-state index is 13.0. The molecule has 1 aromatic carbocycles. The number of hydrogen-bond donors (Lipinski definition) is 1. The van der Waals surface area contributed by atoms with E-state index in [1.165, 1.54) is 0 Å². The standard InChI is InChI=1S/C22H31FN2O3/c1-5-28-21(27)19(22(2,3)4)24-20(26)17-15-25(14-10-6-9-13-23)18-12-8-7-11-16(17)18/h7-8,11-12,15,19H,5-6,9-10,13-14H2,1-4H3,(H,24,26)/t19-/m0/s1. The van der Waals surface area contributed by atoms with Gasteiger partial charge < -0.3 is 14.6 Å². The van der Waals surface area contributed by atoms with E-state index in [1.807, 2.05) is 55.8 Å². The van der Waals surface area contributed by atoms with E-state index in [4.69, 9.17) is 4.74 Å². The molecule has 0 radical (unpaired) electrons. The summed E-state index contributed by atoms with van der Waals surface area (Å²) < 4.78 is 19.5. The fraction of sp³-hybridized carbons (Fsp3) is 0.545. The molecule has 154 valence electrons. The van der Waals surface area contributed by atoms with Gasteiger partial charge in [0.2, 0.25) is 0 Å². The number of para-hydroxylation sites is 1. The van der Waals surface area contributed by atoms with Crippen LogP contribution in [0.1, 0.15) is 57.3 Å². The van der Waals surface area contributed by atoms with Crippen LogP contribution < -0.4 is 5.32 Å². The van der Waals surface area contributed by atoms with Gasteiger partial charge in [0.05, 0.1) is 18.8 Å². The molecule has 1 heterocycles. The molecule has 0 aliphatic heterocycles. The number of alkyl halides is 1. The highest BCUT2D eigenvalue weighted by molar-refractivity contribution is 6.08. The van der Waals surface area contributed by atoms with E-state index in [0.29, 0.717) is 18.5 Å². The summed E-state index contributed by atoms with van der Waals surface area (Å²) in [5.41, 5.74) is 1.00. The number of carbonyl (C=O) groups excluding carboxylic acids is 2. The van der Waals surface area contributed by atoms with Crippen LogP contribution in [-0.4, -0.2) is 35.8 Å². The number of aromatic nitrogens is 1. The monoisotopic (exact) mass is 390 g/mol. The molecule has 6 heteroatoms. The number of nitrogens with zero attached hydrogens (tertiary/aromatic N) is 1. The Kier molecular flexibility index (Phi) is 7.61. The van der Waals surface area contributed by atoms with Crippen LogP contribution >= 0.6 is 0 Å². The van der Waals surface area contributed by atoms with Gasteiger partial charge >= 0.3 is 5.97 Å². The van der Waals surface area contributed by atoms with Gasteiger partial charge in [0, 0.05) is 23.6 Å². The molecule has 0 saturated carbocycles. The van der Waals surface area contributed by atoms with Crippen molar-refractivity contribution in [2.75, 3.05) is 13.3 Å². The molecule has 1 N–H and O–H groups in total.